The van der Waals surface area contributed by atoms with Crippen LogP contribution in [0.4, 0.5) is 0 Å². The summed E-state index contributed by atoms with van der Waals surface area (Å²) in [6.45, 7) is 4.42. The van der Waals surface area contributed by atoms with Crippen LogP contribution in [-0.2, 0) is 11.3 Å². The zero-order valence-corrected chi connectivity index (χ0v) is 13.8. The molecule has 0 bridgehead atoms. The molecule has 1 aliphatic carbocycles. The first kappa shape index (κ1) is 15.3. The lowest BCUT2D eigenvalue weighted by atomic mass is 9.75. The van der Waals surface area contributed by atoms with E-state index in [0.29, 0.717) is 6.42 Å². The van der Waals surface area contributed by atoms with Gasteiger partial charge in [0.25, 0.3) is 0 Å². The molecule has 0 spiro atoms. The third-order valence-electron chi connectivity index (χ3n) is 4.59. The van der Waals surface area contributed by atoms with Crippen molar-refractivity contribution in [1.29, 1.82) is 0 Å². The molecule has 4 nitrogen and oxygen atoms in total. The van der Waals surface area contributed by atoms with Crippen molar-refractivity contribution < 1.29 is 4.79 Å². The van der Waals surface area contributed by atoms with Gasteiger partial charge in [-0.25, -0.2) is 0 Å². The molecule has 21 heavy (non-hydrogen) atoms. The van der Waals surface area contributed by atoms with Gasteiger partial charge in [-0.3, -0.25) is 9.69 Å². The number of carbonyl (C=O) groups excluding carboxylic acids is 1. The predicted octanol–water partition coefficient (Wildman–Crippen LogP) is 2.32. The maximum absolute atomic E-state index is 12.3. The number of amides is 1. The van der Waals surface area contributed by atoms with Gasteiger partial charge in [-0.1, -0.05) is 11.6 Å². The third kappa shape index (κ3) is 3.77. The molecule has 116 valence electrons. The number of nitrogens with zero attached hydrogens (tertiary/aromatic N) is 2. The van der Waals surface area contributed by atoms with Crippen LogP contribution >= 0.6 is 22.9 Å². The van der Waals surface area contributed by atoms with E-state index in [1.807, 2.05) is 11.0 Å². The van der Waals surface area contributed by atoms with Crippen LogP contribution in [0.5, 0.6) is 0 Å². The lowest BCUT2D eigenvalue weighted by Gasteiger charge is -2.40. The number of hydrogen-bond acceptors (Lipinski definition) is 4. The van der Waals surface area contributed by atoms with Crippen LogP contribution in [0.1, 0.15) is 30.6 Å². The van der Waals surface area contributed by atoms with Gasteiger partial charge in [0.2, 0.25) is 5.91 Å². The number of rotatable bonds is 4. The smallest absolute Gasteiger partial charge is 0.224 e. The Bertz CT molecular complexity index is 507. The Kier molecular flexibility index (Phi) is 4.54. The number of nitrogens with two attached hydrogens (primary N) is 1. The first-order valence-electron chi connectivity index (χ1n) is 7.57. The molecular weight excluding hydrogens is 306 g/mol. The van der Waals surface area contributed by atoms with Crippen LogP contribution in [0, 0.1) is 0 Å². The van der Waals surface area contributed by atoms with Crippen LogP contribution in [0.3, 0.4) is 0 Å². The molecule has 1 amide bonds. The quantitative estimate of drug-likeness (QED) is 0.923. The van der Waals surface area contributed by atoms with E-state index in [9.17, 15) is 4.79 Å². The minimum absolute atomic E-state index is 0.206. The summed E-state index contributed by atoms with van der Waals surface area (Å²) in [5.74, 6) is 0.232. The monoisotopic (exact) mass is 327 g/mol. The van der Waals surface area contributed by atoms with Crippen LogP contribution in [0.25, 0.3) is 0 Å². The zero-order valence-electron chi connectivity index (χ0n) is 12.2. The molecule has 2 heterocycles. The van der Waals surface area contributed by atoms with Crippen molar-refractivity contribution in [2.75, 3.05) is 26.2 Å². The summed E-state index contributed by atoms with van der Waals surface area (Å²) in [5.41, 5.74) is 5.97. The first-order valence-corrected chi connectivity index (χ1v) is 8.77. The van der Waals surface area contributed by atoms with Crippen LogP contribution in [-0.4, -0.2) is 47.4 Å². The molecule has 1 saturated heterocycles. The van der Waals surface area contributed by atoms with Gasteiger partial charge in [0.05, 0.1) is 4.34 Å². The minimum Gasteiger partial charge on any atom is -0.340 e. The van der Waals surface area contributed by atoms with Crippen molar-refractivity contribution in [2.24, 2.45) is 5.73 Å². The highest BCUT2D eigenvalue weighted by atomic mass is 35.5. The molecule has 1 saturated carbocycles. The summed E-state index contributed by atoms with van der Waals surface area (Å²) >= 11 is 7.59. The second-order valence-electron chi connectivity index (χ2n) is 6.26. The van der Waals surface area contributed by atoms with Crippen LogP contribution in [0.2, 0.25) is 4.34 Å². The molecule has 2 N–H and O–H groups in total. The third-order valence-corrected chi connectivity index (χ3v) is 5.80. The Hall–Kier alpha value is -0.620. The van der Waals surface area contributed by atoms with E-state index in [4.69, 9.17) is 17.3 Å². The Balaban J connectivity index is 1.45. The normalized spacial score (nSPS) is 22.1. The van der Waals surface area contributed by atoms with Gasteiger partial charge in [-0.05, 0) is 31.4 Å². The summed E-state index contributed by atoms with van der Waals surface area (Å²) in [6.07, 6.45) is 3.68. The van der Waals surface area contributed by atoms with Gasteiger partial charge in [0.15, 0.2) is 0 Å². The molecular formula is C15H22ClN3OS. The zero-order chi connectivity index (χ0) is 14.9. The molecule has 6 heteroatoms. The summed E-state index contributed by atoms with van der Waals surface area (Å²) in [4.78, 5) is 17.9. The topological polar surface area (TPSA) is 49.6 Å². The Morgan fingerprint density at radius 1 is 1.29 bits per heavy atom. The highest BCUT2D eigenvalue weighted by molar-refractivity contribution is 7.16. The average molecular weight is 328 g/mol. The largest absolute Gasteiger partial charge is 0.340 e. The molecule has 0 aromatic carbocycles. The molecule has 3 rings (SSSR count). The first-order chi connectivity index (χ1) is 10.0. The van der Waals surface area contributed by atoms with E-state index in [1.54, 1.807) is 11.3 Å². The van der Waals surface area contributed by atoms with Crippen molar-refractivity contribution >= 4 is 28.8 Å². The molecule has 1 aromatic rings. The molecule has 2 fully saturated rings. The fraction of sp³-hybridized carbons (Fsp3) is 0.667. The average Bonchev–Trinajstić information content (AvgIpc) is 2.83. The van der Waals surface area contributed by atoms with Gasteiger partial charge in [0, 0.05) is 49.6 Å². The van der Waals surface area contributed by atoms with E-state index in [2.05, 4.69) is 11.0 Å². The molecule has 1 aromatic heterocycles. The minimum atomic E-state index is -0.206. The van der Waals surface area contributed by atoms with Gasteiger partial charge < -0.3 is 10.6 Å². The molecule has 1 aliphatic heterocycles. The number of carbonyl (C=O) groups is 1. The van der Waals surface area contributed by atoms with Crippen LogP contribution in [0.15, 0.2) is 12.1 Å². The molecule has 2 aliphatic rings. The molecule has 0 radical (unpaired) electrons. The van der Waals surface area contributed by atoms with Crippen LogP contribution < -0.4 is 5.73 Å². The summed E-state index contributed by atoms with van der Waals surface area (Å²) < 4.78 is 0.840. The van der Waals surface area contributed by atoms with Gasteiger partial charge >= 0.3 is 0 Å². The van der Waals surface area contributed by atoms with Gasteiger partial charge in [-0.2, -0.15) is 0 Å². The van der Waals surface area contributed by atoms with Crippen molar-refractivity contribution in [2.45, 2.75) is 37.8 Å². The Labute approximate surface area is 134 Å². The Morgan fingerprint density at radius 3 is 2.52 bits per heavy atom. The van der Waals surface area contributed by atoms with Gasteiger partial charge in [-0.15, -0.1) is 11.3 Å². The lowest BCUT2D eigenvalue weighted by Crippen LogP contribution is -2.54. The number of halogens is 1. The van der Waals surface area contributed by atoms with E-state index in [0.717, 1.165) is 49.9 Å². The standard InChI is InChI=1S/C15H22ClN3OS/c16-13-3-2-12(21-13)11-18-6-8-19(9-7-18)14(20)10-15(17)4-1-5-15/h2-3H,1,4-11,17H2. The maximum atomic E-state index is 12.3. The second-order valence-corrected chi connectivity index (χ2v) is 8.06. The molecule has 0 atom stereocenters. The highest BCUT2D eigenvalue weighted by Crippen LogP contribution is 2.32. The summed E-state index contributed by atoms with van der Waals surface area (Å²) in [6, 6.07) is 4.03. The number of thiophene rings is 1. The maximum Gasteiger partial charge on any atom is 0.224 e. The number of hydrogen-bond donors (Lipinski definition) is 1. The highest BCUT2D eigenvalue weighted by Gasteiger charge is 2.36. The van der Waals surface area contributed by atoms with E-state index in [-0.39, 0.29) is 11.4 Å². The number of piperazine rings is 1. The van der Waals surface area contributed by atoms with E-state index >= 15 is 0 Å². The van der Waals surface area contributed by atoms with E-state index in [1.165, 1.54) is 11.3 Å². The lowest BCUT2D eigenvalue weighted by molar-refractivity contribution is -0.135. The van der Waals surface area contributed by atoms with Crippen molar-refractivity contribution in [3.8, 4) is 0 Å². The fourth-order valence-electron chi connectivity index (χ4n) is 3.03. The van der Waals surface area contributed by atoms with Crippen molar-refractivity contribution in [1.82, 2.24) is 9.80 Å². The summed E-state index contributed by atoms with van der Waals surface area (Å²) in [7, 11) is 0. The van der Waals surface area contributed by atoms with Crippen molar-refractivity contribution in [3.05, 3.63) is 21.3 Å². The second kappa shape index (κ2) is 6.24. The SMILES string of the molecule is NC1(CC(=O)N2CCN(Cc3ccc(Cl)s3)CC2)CCC1. The Morgan fingerprint density at radius 2 is 2.00 bits per heavy atom. The predicted molar refractivity (Wildman–Crippen MR) is 86.6 cm³/mol. The van der Waals surface area contributed by atoms with E-state index < -0.39 is 0 Å². The van der Waals surface area contributed by atoms with Gasteiger partial charge in [0.1, 0.15) is 0 Å². The van der Waals surface area contributed by atoms with Crippen molar-refractivity contribution in [3.63, 3.8) is 0 Å². The summed E-state index contributed by atoms with van der Waals surface area (Å²) in [5, 5.41) is 0. The fourth-order valence-corrected chi connectivity index (χ4v) is 4.16. The molecule has 0 unspecified atom stereocenters.